The molecule has 0 aromatic heterocycles. The molecule has 11 nitrogen and oxygen atoms in total. The van der Waals surface area contributed by atoms with Crippen LogP contribution in [0.5, 0.6) is 0 Å². The van der Waals surface area contributed by atoms with Crippen molar-refractivity contribution in [1.82, 2.24) is 10.6 Å². The summed E-state index contributed by atoms with van der Waals surface area (Å²) in [6, 6.07) is -1.16. The second-order valence-electron chi connectivity index (χ2n) is 5.94. The largest absolute Gasteiger partial charge is 0.353 e. The minimum Gasteiger partial charge on any atom is -0.353 e. The molecule has 2 amide bonds. The van der Waals surface area contributed by atoms with Crippen LogP contribution in [0.25, 0.3) is 0 Å². The summed E-state index contributed by atoms with van der Waals surface area (Å²) >= 11 is 0. The zero-order valence-corrected chi connectivity index (χ0v) is 18.2. The summed E-state index contributed by atoms with van der Waals surface area (Å²) in [7, 11) is -11.4. The molecule has 14 heteroatoms. The van der Waals surface area contributed by atoms with Crippen LogP contribution < -0.4 is 10.6 Å². The Morgan fingerprint density at radius 1 is 0.862 bits per heavy atom. The normalized spacial score (nSPS) is 13.1. The molecule has 1 unspecified atom stereocenters. The molecule has 1 atom stereocenters. The molecule has 0 saturated carbocycles. The monoisotopic (exact) mass is 472 g/mol. The molecule has 0 saturated heterocycles. The summed E-state index contributed by atoms with van der Waals surface area (Å²) in [6.45, 7) is 7.03. The van der Waals surface area contributed by atoms with Crippen LogP contribution in [0.15, 0.2) is 24.0 Å². The molecule has 0 bridgehead atoms. The predicted molar refractivity (Wildman–Crippen MR) is 107 cm³/mol. The maximum Gasteiger partial charge on any atom is 0.235 e. The highest BCUT2D eigenvalue weighted by Crippen LogP contribution is 2.00. The lowest BCUT2D eigenvalue weighted by atomic mass is 10.1. The smallest absolute Gasteiger partial charge is 0.235 e. The molecule has 29 heavy (non-hydrogen) atoms. The van der Waals surface area contributed by atoms with Crippen molar-refractivity contribution in [2.45, 2.75) is 19.4 Å². The van der Waals surface area contributed by atoms with Crippen LogP contribution >= 0.6 is 0 Å². The highest BCUT2D eigenvalue weighted by Gasteiger charge is 2.23. The van der Waals surface area contributed by atoms with Crippen molar-refractivity contribution in [1.29, 1.82) is 0 Å². The molecule has 166 valence electrons. The van der Waals surface area contributed by atoms with Crippen molar-refractivity contribution in [3.63, 3.8) is 0 Å². The van der Waals surface area contributed by atoms with Crippen LogP contribution in [0, 0.1) is 0 Å². The maximum absolute atomic E-state index is 12.0. The lowest BCUT2D eigenvalue weighted by molar-refractivity contribution is -0.122. The topological polar surface area (TPSA) is 178 Å². The van der Waals surface area contributed by atoms with Crippen LogP contribution in [0.4, 0.5) is 0 Å². The molecule has 0 spiro atoms. The van der Waals surface area contributed by atoms with Gasteiger partial charge in [-0.3, -0.25) is 14.4 Å². The molecule has 0 aromatic rings. The van der Waals surface area contributed by atoms with Crippen molar-refractivity contribution >= 4 is 47.1 Å². The standard InChI is InChI=1S/C15H24N2O9S3/c1-4-27(21,22)9-13(18)7-12(17-15(20)11-29(25,26)6-3)8-16-14(19)10-28(23,24)5-2/h5-6,12H,2-4,7-11H2,1H3,(H,16,19)(H,17,20). The maximum atomic E-state index is 12.0. The lowest BCUT2D eigenvalue weighted by Gasteiger charge is -2.18. The Balaban J connectivity index is 5.20. The third-order valence-corrected chi connectivity index (χ3v) is 7.36. The quantitative estimate of drug-likeness (QED) is 0.292. The van der Waals surface area contributed by atoms with Gasteiger partial charge >= 0.3 is 0 Å². The molecule has 2 N–H and O–H groups in total. The van der Waals surface area contributed by atoms with E-state index in [0.717, 1.165) is 0 Å². The highest BCUT2D eigenvalue weighted by molar-refractivity contribution is 7.95. The Labute approximate surface area is 170 Å². The van der Waals surface area contributed by atoms with Crippen molar-refractivity contribution in [3.05, 3.63) is 24.0 Å². The molecule has 0 heterocycles. The first kappa shape index (κ1) is 26.9. The average Bonchev–Trinajstić information content (AvgIpc) is 2.58. The summed E-state index contributed by atoms with van der Waals surface area (Å²) in [5, 5.41) is 5.55. The van der Waals surface area contributed by atoms with E-state index in [9.17, 15) is 39.6 Å². The Bertz CT molecular complexity index is 965. The molecular weight excluding hydrogens is 448 g/mol. The van der Waals surface area contributed by atoms with E-state index in [4.69, 9.17) is 0 Å². The summed E-state index contributed by atoms with van der Waals surface area (Å²) in [5.74, 6) is -5.67. The van der Waals surface area contributed by atoms with Gasteiger partial charge in [-0.2, -0.15) is 0 Å². The van der Waals surface area contributed by atoms with Gasteiger partial charge in [0.05, 0.1) is 6.04 Å². The van der Waals surface area contributed by atoms with Crippen LogP contribution in [-0.4, -0.2) is 78.4 Å². The SMILES string of the molecule is C=CS(=O)(=O)CC(=O)NCC(CC(=O)CS(=O)(=O)CC)NC(=O)CS(=O)(=O)C=C. The first-order valence-electron chi connectivity index (χ1n) is 8.14. The number of sulfone groups is 3. The Morgan fingerprint density at radius 3 is 1.79 bits per heavy atom. The van der Waals surface area contributed by atoms with E-state index in [2.05, 4.69) is 23.8 Å². The molecule has 0 aliphatic carbocycles. The Hall–Kier alpha value is -2.06. The molecule has 0 aliphatic heterocycles. The van der Waals surface area contributed by atoms with Crippen molar-refractivity contribution in [2.75, 3.05) is 29.6 Å². The Kier molecular flexibility index (Phi) is 10.4. The third kappa shape index (κ3) is 12.2. The summed E-state index contributed by atoms with van der Waals surface area (Å²) in [4.78, 5) is 35.6. The number of ketones is 1. The van der Waals surface area contributed by atoms with Crippen molar-refractivity contribution < 1.29 is 39.6 Å². The fraction of sp³-hybridized carbons (Fsp3) is 0.533. The number of hydrogen-bond donors (Lipinski definition) is 2. The van der Waals surface area contributed by atoms with Crippen molar-refractivity contribution in [2.24, 2.45) is 0 Å². The van der Waals surface area contributed by atoms with Gasteiger partial charge in [-0.05, 0) is 0 Å². The predicted octanol–water partition coefficient (Wildman–Crippen LogP) is -1.90. The van der Waals surface area contributed by atoms with Crippen LogP contribution in [-0.2, 0) is 43.9 Å². The zero-order chi connectivity index (χ0) is 22.9. The minimum atomic E-state index is -3.89. The molecule has 0 aliphatic rings. The minimum absolute atomic E-state index is 0.274. The van der Waals surface area contributed by atoms with Gasteiger partial charge in [-0.1, -0.05) is 20.1 Å². The average molecular weight is 473 g/mol. The Morgan fingerprint density at radius 2 is 1.34 bits per heavy atom. The van der Waals surface area contributed by atoms with E-state index in [0.29, 0.717) is 10.8 Å². The highest BCUT2D eigenvalue weighted by atomic mass is 32.2. The second kappa shape index (κ2) is 11.2. The van der Waals surface area contributed by atoms with Gasteiger partial charge in [-0.15, -0.1) is 0 Å². The molecule has 0 rings (SSSR count). The summed E-state index contributed by atoms with van der Waals surface area (Å²) in [5.41, 5.74) is 0. The zero-order valence-electron chi connectivity index (χ0n) is 15.8. The number of hydrogen-bond acceptors (Lipinski definition) is 9. The summed E-state index contributed by atoms with van der Waals surface area (Å²) < 4.78 is 68.6. The number of rotatable bonds is 14. The van der Waals surface area contributed by atoms with Gasteiger partial charge < -0.3 is 10.6 Å². The van der Waals surface area contributed by atoms with Crippen LogP contribution in [0.1, 0.15) is 13.3 Å². The third-order valence-electron chi connectivity index (χ3n) is 3.38. The number of nitrogens with one attached hydrogen (secondary N) is 2. The summed E-state index contributed by atoms with van der Waals surface area (Å²) in [6.07, 6.45) is -0.520. The molecule has 0 fully saturated rings. The van der Waals surface area contributed by atoms with E-state index < -0.39 is 83.4 Å². The van der Waals surface area contributed by atoms with E-state index in [1.807, 2.05) is 0 Å². The van der Waals surface area contributed by atoms with Gasteiger partial charge in [0.2, 0.25) is 11.8 Å². The number of Topliss-reactive ketones (excluding diaryl/α,β-unsaturated/α-hetero) is 1. The van der Waals surface area contributed by atoms with Crippen molar-refractivity contribution in [3.8, 4) is 0 Å². The fourth-order valence-corrected chi connectivity index (χ4v) is 3.86. The lowest BCUT2D eigenvalue weighted by Crippen LogP contribution is -2.47. The first-order chi connectivity index (χ1) is 13.1. The van der Waals surface area contributed by atoms with Gasteiger partial charge in [0.25, 0.3) is 0 Å². The molecule has 0 aromatic carbocycles. The molecule has 0 radical (unpaired) electrons. The van der Waals surface area contributed by atoms with Crippen LogP contribution in [0.2, 0.25) is 0 Å². The van der Waals surface area contributed by atoms with E-state index in [1.165, 1.54) is 6.92 Å². The fourth-order valence-electron chi connectivity index (χ4n) is 1.90. The van der Waals surface area contributed by atoms with Gasteiger partial charge in [0.1, 0.15) is 23.0 Å². The number of amides is 2. The van der Waals surface area contributed by atoms with Gasteiger partial charge in [0, 0.05) is 29.5 Å². The van der Waals surface area contributed by atoms with Crippen LogP contribution in [0.3, 0.4) is 0 Å². The second-order valence-corrected chi connectivity index (χ2v) is 12.2. The van der Waals surface area contributed by atoms with Gasteiger partial charge in [0.15, 0.2) is 29.5 Å². The molecular formula is C15H24N2O9S3. The number of carbonyl (C=O) groups is 3. The van der Waals surface area contributed by atoms with E-state index in [1.54, 1.807) is 0 Å². The first-order valence-corrected chi connectivity index (χ1v) is 13.4. The van der Waals surface area contributed by atoms with Gasteiger partial charge in [-0.25, -0.2) is 25.3 Å². The van der Waals surface area contributed by atoms with E-state index in [-0.39, 0.29) is 5.75 Å². The van der Waals surface area contributed by atoms with E-state index >= 15 is 0 Å². The number of carbonyl (C=O) groups excluding carboxylic acids is 3.